The van der Waals surface area contributed by atoms with Crippen molar-refractivity contribution in [1.82, 2.24) is 8.87 Å². The first kappa shape index (κ1) is 22.5. The van der Waals surface area contributed by atoms with E-state index in [-0.39, 0.29) is 29.1 Å². The van der Waals surface area contributed by atoms with Crippen molar-refractivity contribution in [2.45, 2.75) is 24.0 Å². The van der Waals surface area contributed by atoms with E-state index in [1.54, 1.807) is 6.07 Å². The first-order valence-electron chi connectivity index (χ1n) is 9.86. The molecule has 31 heavy (non-hydrogen) atoms. The van der Waals surface area contributed by atoms with Crippen molar-refractivity contribution in [1.29, 1.82) is 0 Å². The number of thiophene rings is 1. The second-order valence-corrected chi connectivity index (χ2v) is 12.1. The number of piperidine rings is 1. The number of ether oxygens (including phenoxy) is 1. The molecule has 1 fully saturated rings. The van der Waals surface area contributed by atoms with Crippen LogP contribution in [0.15, 0.2) is 39.5 Å². The average Bonchev–Trinajstić information content (AvgIpc) is 3.33. The molecule has 7 nitrogen and oxygen atoms in total. The first-order chi connectivity index (χ1) is 14.8. The van der Waals surface area contributed by atoms with Crippen LogP contribution in [0.25, 0.3) is 10.2 Å². The molecule has 0 N–H and O–H groups in total. The number of fused-ring (bicyclic) bond motifs is 1. The van der Waals surface area contributed by atoms with E-state index in [4.69, 9.17) is 16.3 Å². The molecule has 0 aliphatic carbocycles. The molecule has 0 saturated carbocycles. The molecule has 0 unspecified atom stereocenters. The Morgan fingerprint density at radius 3 is 2.61 bits per heavy atom. The largest absolute Gasteiger partial charge is 0.492 e. The fraction of sp³-hybridized carbons (Fsp3) is 0.400. The van der Waals surface area contributed by atoms with Crippen molar-refractivity contribution < 1.29 is 17.9 Å². The smallest absolute Gasteiger partial charge is 0.252 e. The standard InChI is InChI=1S/C20H22ClN3O4S3/c1-3-28-14-5-4-6-15-18(14)23(2)20(29-15)22-19(25)13-9-11-24(12-10-13)31(26,27)17-8-7-16(21)30-17/h4-8,13H,3,9-12H2,1-2H3. The number of aryl methyl sites for hydroxylation is 1. The van der Waals surface area contributed by atoms with Crippen molar-refractivity contribution >= 4 is 60.4 Å². The van der Waals surface area contributed by atoms with Gasteiger partial charge in [0.05, 0.1) is 15.6 Å². The lowest BCUT2D eigenvalue weighted by atomic mass is 9.98. The summed E-state index contributed by atoms with van der Waals surface area (Å²) in [7, 11) is -1.70. The maximum atomic E-state index is 12.8. The minimum Gasteiger partial charge on any atom is -0.492 e. The molecule has 0 radical (unpaired) electrons. The maximum absolute atomic E-state index is 12.8. The van der Waals surface area contributed by atoms with Gasteiger partial charge in [-0.1, -0.05) is 29.0 Å². The quantitative estimate of drug-likeness (QED) is 0.533. The van der Waals surface area contributed by atoms with Crippen molar-refractivity contribution in [2.24, 2.45) is 18.0 Å². The maximum Gasteiger partial charge on any atom is 0.252 e. The molecule has 1 aromatic carbocycles. The van der Waals surface area contributed by atoms with Crippen LogP contribution in [0, 0.1) is 5.92 Å². The van der Waals surface area contributed by atoms with E-state index >= 15 is 0 Å². The van der Waals surface area contributed by atoms with E-state index in [2.05, 4.69) is 4.99 Å². The molecular formula is C20H22ClN3O4S3. The normalized spacial score (nSPS) is 16.8. The summed E-state index contributed by atoms with van der Waals surface area (Å²) in [5, 5.41) is 0. The number of para-hydroxylation sites is 1. The lowest BCUT2D eigenvalue weighted by molar-refractivity contribution is -0.122. The molecule has 0 atom stereocenters. The van der Waals surface area contributed by atoms with Crippen LogP contribution in [0.1, 0.15) is 19.8 Å². The molecule has 0 bridgehead atoms. The number of carbonyl (C=O) groups is 1. The second kappa shape index (κ2) is 9.03. The summed E-state index contributed by atoms with van der Waals surface area (Å²) in [4.78, 5) is 17.8. The molecule has 3 aromatic rings. The number of thiazole rings is 1. The highest BCUT2D eigenvalue weighted by Gasteiger charge is 2.33. The van der Waals surface area contributed by atoms with Crippen LogP contribution >= 0.6 is 34.3 Å². The minimum atomic E-state index is -3.57. The monoisotopic (exact) mass is 499 g/mol. The van der Waals surface area contributed by atoms with Crippen molar-refractivity contribution in [3.8, 4) is 5.75 Å². The van der Waals surface area contributed by atoms with Gasteiger partial charge in [-0.15, -0.1) is 11.3 Å². The Morgan fingerprint density at radius 1 is 1.23 bits per heavy atom. The summed E-state index contributed by atoms with van der Waals surface area (Å²) in [5.41, 5.74) is 0.913. The Kier molecular flexibility index (Phi) is 6.55. The topological polar surface area (TPSA) is 81.0 Å². The number of halogens is 1. The highest BCUT2D eigenvalue weighted by molar-refractivity contribution is 7.91. The molecule has 166 valence electrons. The van der Waals surface area contributed by atoms with Gasteiger partial charge in [0.1, 0.15) is 15.5 Å². The molecule has 3 heterocycles. The highest BCUT2D eigenvalue weighted by atomic mass is 35.5. The van der Waals surface area contributed by atoms with Crippen LogP contribution in [-0.4, -0.2) is 42.9 Å². The molecular weight excluding hydrogens is 478 g/mol. The molecule has 2 aromatic heterocycles. The number of nitrogens with zero attached hydrogens (tertiary/aromatic N) is 3. The number of carbonyl (C=O) groups excluding carboxylic acids is 1. The predicted octanol–water partition coefficient (Wildman–Crippen LogP) is 3.88. The molecule has 1 aliphatic heterocycles. The first-order valence-corrected chi connectivity index (χ1v) is 13.3. The summed E-state index contributed by atoms with van der Waals surface area (Å²) >= 11 is 8.37. The van der Waals surface area contributed by atoms with E-state index in [0.717, 1.165) is 27.3 Å². The van der Waals surface area contributed by atoms with Crippen LogP contribution in [0.4, 0.5) is 0 Å². The Hall–Kier alpha value is -1.72. The lowest BCUT2D eigenvalue weighted by Crippen LogP contribution is -2.40. The molecule has 11 heteroatoms. The van der Waals surface area contributed by atoms with Crippen LogP contribution in [-0.2, 0) is 21.9 Å². The average molecular weight is 500 g/mol. The van der Waals surface area contributed by atoms with E-state index < -0.39 is 10.0 Å². The number of sulfonamides is 1. The minimum absolute atomic E-state index is 0.212. The third-order valence-corrected chi connectivity index (χ3v) is 9.93. The molecule has 1 amide bonds. The zero-order valence-electron chi connectivity index (χ0n) is 17.1. The SMILES string of the molecule is CCOc1cccc2sc(=NC(=O)C3CCN(S(=O)(=O)c4ccc(Cl)s4)CC3)n(C)c12. The van der Waals surface area contributed by atoms with E-state index in [1.807, 2.05) is 36.7 Å². The fourth-order valence-corrected chi connectivity index (χ4v) is 7.79. The second-order valence-electron chi connectivity index (χ2n) is 7.17. The number of benzene rings is 1. The van der Waals surface area contributed by atoms with Gasteiger partial charge in [-0.3, -0.25) is 4.79 Å². The zero-order valence-corrected chi connectivity index (χ0v) is 20.3. The highest BCUT2D eigenvalue weighted by Crippen LogP contribution is 2.31. The molecule has 1 saturated heterocycles. The number of amides is 1. The lowest BCUT2D eigenvalue weighted by Gasteiger charge is -2.29. The third-order valence-electron chi connectivity index (χ3n) is 5.24. The van der Waals surface area contributed by atoms with Gasteiger partial charge in [0, 0.05) is 26.1 Å². The Labute approximate surface area is 193 Å². The number of hydrogen-bond donors (Lipinski definition) is 0. The summed E-state index contributed by atoms with van der Waals surface area (Å²) in [6, 6.07) is 8.91. The number of hydrogen-bond acceptors (Lipinski definition) is 6. The van der Waals surface area contributed by atoms with Gasteiger partial charge in [0.15, 0.2) is 4.80 Å². The van der Waals surface area contributed by atoms with Gasteiger partial charge in [0.2, 0.25) is 0 Å². The molecule has 0 spiro atoms. The summed E-state index contributed by atoms with van der Waals surface area (Å²) in [5.74, 6) is 0.256. The van der Waals surface area contributed by atoms with Gasteiger partial charge in [-0.25, -0.2) is 8.42 Å². The van der Waals surface area contributed by atoms with Crippen molar-refractivity contribution in [3.63, 3.8) is 0 Å². The number of aromatic nitrogens is 1. The van der Waals surface area contributed by atoms with E-state index in [0.29, 0.717) is 28.6 Å². The Bertz CT molecular complexity index is 1280. The summed E-state index contributed by atoms with van der Waals surface area (Å²) in [6.45, 7) is 3.06. The van der Waals surface area contributed by atoms with Crippen LogP contribution in [0.3, 0.4) is 0 Å². The van der Waals surface area contributed by atoms with Gasteiger partial charge in [0.25, 0.3) is 15.9 Å². The molecule has 1 aliphatic rings. The van der Waals surface area contributed by atoms with Crippen molar-refractivity contribution in [3.05, 3.63) is 39.5 Å². The van der Waals surface area contributed by atoms with Crippen LogP contribution in [0.5, 0.6) is 5.75 Å². The van der Waals surface area contributed by atoms with Crippen molar-refractivity contribution in [2.75, 3.05) is 19.7 Å². The fourth-order valence-electron chi connectivity index (χ4n) is 3.64. The van der Waals surface area contributed by atoms with Crippen LogP contribution in [0.2, 0.25) is 4.34 Å². The van der Waals surface area contributed by atoms with E-state index in [9.17, 15) is 13.2 Å². The Balaban J connectivity index is 1.51. The zero-order chi connectivity index (χ0) is 22.2. The Morgan fingerprint density at radius 2 is 1.97 bits per heavy atom. The van der Waals surface area contributed by atoms with E-state index in [1.165, 1.54) is 21.7 Å². The summed E-state index contributed by atoms with van der Waals surface area (Å²) in [6.07, 6.45) is 0.888. The third kappa shape index (κ3) is 4.45. The molecule has 4 rings (SSSR count). The van der Waals surface area contributed by atoms with Gasteiger partial charge < -0.3 is 9.30 Å². The number of rotatable bonds is 5. The predicted molar refractivity (Wildman–Crippen MR) is 123 cm³/mol. The van der Waals surface area contributed by atoms with Crippen LogP contribution < -0.4 is 9.54 Å². The van der Waals surface area contributed by atoms with Gasteiger partial charge in [-0.2, -0.15) is 9.30 Å². The van der Waals surface area contributed by atoms with Gasteiger partial charge >= 0.3 is 0 Å². The van der Waals surface area contributed by atoms with Gasteiger partial charge in [-0.05, 0) is 44.0 Å². The summed E-state index contributed by atoms with van der Waals surface area (Å²) < 4.78 is 36.2.